The van der Waals surface area contributed by atoms with Crippen LogP contribution in [0.1, 0.15) is 30.6 Å². The summed E-state index contributed by atoms with van der Waals surface area (Å²) in [6, 6.07) is 2.51. The van der Waals surface area contributed by atoms with E-state index in [0.29, 0.717) is 0 Å². The first-order valence-electron chi connectivity index (χ1n) is 4.95. The molecule has 0 aliphatic carbocycles. The van der Waals surface area contributed by atoms with Crippen molar-refractivity contribution in [3.63, 3.8) is 0 Å². The van der Waals surface area contributed by atoms with Gasteiger partial charge in [-0.05, 0) is 32.0 Å². The molecule has 1 N–H and O–H groups in total. The Morgan fingerprint density at radius 2 is 1.88 bits per heavy atom. The van der Waals surface area contributed by atoms with E-state index in [1.165, 1.54) is 13.8 Å². The summed E-state index contributed by atoms with van der Waals surface area (Å²) in [6.45, 7) is 2.70. The van der Waals surface area contributed by atoms with Crippen LogP contribution in [0.2, 0.25) is 0 Å². The number of benzene rings is 1. The quantitative estimate of drug-likeness (QED) is 0.826. The summed E-state index contributed by atoms with van der Waals surface area (Å²) in [7, 11) is 0. The van der Waals surface area contributed by atoms with Crippen molar-refractivity contribution in [1.29, 1.82) is 0 Å². The van der Waals surface area contributed by atoms with Gasteiger partial charge in [0.15, 0.2) is 5.78 Å². The number of hydrogen-bond acceptors (Lipinski definition) is 2. The Kier molecular flexibility index (Phi) is 3.60. The van der Waals surface area contributed by atoms with Crippen LogP contribution in [0, 0.1) is 17.0 Å². The molecule has 0 radical (unpaired) electrons. The van der Waals surface area contributed by atoms with Crippen molar-refractivity contribution >= 4 is 11.8 Å². The smallest absolute Gasteiger partial charge is 0.309 e. The molecule has 0 unspecified atom stereocenters. The van der Waals surface area contributed by atoms with E-state index in [4.69, 9.17) is 5.11 Å². The lowest BCUT2D eigenvalue weighted by molar-refractivity contribution is -0.146. The zero-order valence-corrected chi connectivity index (χ0v) is 9.46. The highest BCUT2D eigenvalue weighted by molar-refractivity contribution is 5.98. The molecule has 0 spiro atoms. The summed E-state index contributed by atoms with van der Waals surface area (Å²) in [5.41, 5.74) is -1.73. The number of aliphatic carboxylic acids is 1. The maximum Gasteiger partial charge on any atom is 0.309 e. The molecule has 1 aromatic rings. The summed E-state index contributed by atoms with van der Waals surface area (Å²) < 4.78 is 26.1. The van der Waals surface area contributed by atoms with Gasteiger partial charge in [0.05, 0.1) is 11.0 Å². The van der Waals surface area contributed by atoms with E-state index in [-0.39, 0.29) is 6.42 Å². The lowest BCUT2D eigenvalue weighted by atomic mass is 9.85. The number of Topliss-reactive ketones (excluding diaryl/α,β-unsaturated/α-hetero) is 1. The number of carbonyl (C=O) groups excluding carboxylic acids is 1. The van der Waals surface area contributed by atoms with E-state index < -0.39 is 34.4 Å². The molecular weight excluding hydrogens is 230 g/mol. The van der Waals surface area contributed by atoms with Gasteiger partial charge in [0, 0.05) is 6.42 Å². The van der Waals surface area contributed by atoms with Crippen LogP contribution in [0.5, 0.6) is 0 Å². The minimum absolute atomic E-state index is 0.386. The van der Waals surface area contributed by atoms with Gasteiger partial charge in [0.1, 0.15) is 11.6 Å². The molecule has 5 heteroatoms. The van der Waals surface area contributed by atoms with Gasteiger partial charge in [0.25, 0.3) is 0 Å². The molecule has 0 saturated carbocycles. The van der Waals surface area contributed by atoms with Crippen molar-refractivity contribution in [2.45, 2.75) is 20.3 Å². The summed E-state index contributed by atoms with van der Waals surface area (Å²) in [6.07, 6.45) is -0.386. The Hall–Kier alpha value is -1.78. The van der Waals surface area contributed by atoms with E-state index >= 15 is 0 Å². The molecule has 3 nitrogen and oxygen atoms in total. The summed E-state index contributed by atoms with van der Waals surface area (Å²) >= 11 is 0. The Morgan fingerprint density at radius 3 is 2.41 bits per heavy atom. The average molecular weight is 242 g/mol. The van der Waals surface area contributed by atoms with Crippen LogP contribution in [0.15, 0.2) is 18.2 Å². The van der Waals surface area contributed by atoms with Crippen molar-refractivity contribution in [1.82, 2.24) is 0 Å². The van der Waals surface area contributed by atoms with Crippen molar-refractivity contribution in [3.05, 3.63) is 35.4 Å². The maximum atomic E-state index is 13.3. The Balaban J connectivity index is 2.98. The van der Waals surface area contributed by atoms with Gasteiger partial charge in [-0.1, -0.05) is 0 Å². The van der Waals surface area contributed by atoms with E-state index in [9.17, 15) is 18.4 Å². The SMILES string of the molecule is CC(C)(CC(=O)c1cc(F)ccc1F)C(=O)O. The fourth-order valence-electron chi connectivity index (χ4n) is 1.28. The predicted octanol–water partition coefficient (Wildman–Crippen LogP) is 2.65. The summed E-state index contributed by atoms with van der Waals surface area (Å²) in [5, 5.41) is 8.84. The minimum atomic E-state index is -1.31. The molecule has 0 aromatic heterocycles. The third-order valence-electron chi connectivity index (χ3n) is 2.41. The first-order chi connectivity index (χ1) is 7.74. The molecule has 1 aromatic carbocycles. The molecule has 0 fully saturated rings. The molecule has 0 bridgehead atoms. The van der Waals surface area contributed by atoms with Crippen LogP contribution in [0.4, 0.5) is 8.78 Å². The van der Waals surface area contributed by atoms with Gasteiger partial charge in [-0.3, -0.25) is 9.59 Å². The van der Waals surface area contributed by atoms with Crippen molar-refractivity contribution < 1.29 is 23.5 Å². The van der Waals surface area contributed by atoms with Crippen LogP contribution < -0.4 is 0 Å². The third-order valence-corrected chi connectivity index (χ3v) is 2.41. The van der Waals surface area contributed by atoms with Crippen molar-refractivity contribution in [2.75, 3.05) is 0 Å². The normalized spacial score (nSPS) is 11.3. The van der Waals surface area contributed by atoms with E-state index in [2.05, 4.69) is 0 Å². The first kappa shape index (κ1) is 13.3. The van der Waals surface area contributed by atoms with Gasteiger partial charge in [-0.2, -0.15) is 0 Å². The number of rotatable bonds is 4. The van der Waals surface area contributed by atoms with Crippen LogP contribution in [0.25, 0.3) is 0 Å². The molecule has 0 aliphatic rings. The highest BCUT2D eigenvalue weighted by Crippen LogP contribution is 2.24. The number of carboxylic acid groups (broad SMARTS) is 1. The summed E-state index contributed by atoms with van der Waals surface area (Å²) in [5.74, 6) is -3.47. The second-order valence-corrected chi connectivity index (χ2v) is 4.41. The van der Waals surface area contributed by atoms with Gasteiger partial charge in [-0.15, -0.1) is 0 Å². The van der Waals surface area contributed by atoms with Crippen LogP contribution in [-0.2, 0) is 4.79 Å². The topological polar surface area (TPSA) is 54.4 Å². The van der Waals surface area contributed by atoms with Gasteiger partial charge < -0.3 is 5.11 Å². The number of ketones is 1. The Bertz CT molecular complexity index is 467. The number of carbonyl (C=O) groups is 2. The van der Waals surface area contributed by atoms with Gasteiger partial charge in [-0.25, -0.2) is 8.78 Å². The highest BCUT2D eigenvalue weighted by Gasteiger charge is 2.31. The number of halogens is 2. The zero-order chi connectivity index (χ0) is 13.2. The maximum absolute atomic E-state index is 13.3. The third kappa shape index (κ3) is 3.09. The van der Waals surface area contributed by atoms with E-state index in [1.807, 2.05) is 0 Å². The van der Waals surface area contributed by atoms with Gasteiger partial charge >= 0.3 is 5.97 Å². The fourth-order valence-corrected chi connectivity index (χ4v) is 1.28. The molecule has 92 valence electrons. The average Bonchev–Trinajstić information content (AvgIpc) is 2.20. The molecule has 0 saturated heterocycles. The monoisotopic (exact) mass is 242 g/mol. The molecule has 0 atom stereocenters. The lowest BCUT2D eigenvalue weighted by Crippen LogP contribution is -2.27. The van der Waals surface area contributed by atoms with E-state index in [1.54, 1.807) is 0 Å². The largest absolute Gasteiger partial charge is 0.481 e. The number of hydrogen-bond donors (Lipinski definition) is 1. The fraction of sp³-hybridized carbons (Fsp3) is 0.333. The first-order valence-corrected chi connectivity index (χ1v) is 4.95. The zero-order valence-electron chi connectivity index (χ0n) is 9.46. The van der Waals surface area contributed by atoms with Crippen molar-refractivity contribution in [3.8, 4) is 0 Å². The minimum Gasteiger partial charge on any atom is -0.481 e. The van der Waals surface area contributed by atoms with E-state index in [0.717, 1.165) is 18.2 Å². The van der Waals surface area contributed by atoms with Crippen molar-refractivity contribution in [2.24, 2.45) is 5.41 Å². The molecule has 0 heterocycles. The van der Waals surface area contributed by atoms with Crippen LogP contribution in [-0.4, -0.2) is 16.9 Å². The predicted molar refractivity (Wildman–Crippen MR) is 56.7 cm³/mol. The van der Waals surface area contributed by atoms with Gasteiger partial charge in [0.2, 0.25) is 0 Å². The molecule has 1 rings (SSSR count). The molecule has 0 aliphatic heterocycles. The Labute approximate surface area is 97.1 Å². The molecule has 17 heavy (non-hydrogen) atoms. The summed E-state index contributed by atoms with van der Waals surface area (Å²) in [4.78, 5) is 22.5. The highest BCUT2D eigenvalue weighted by atomic mass is 19.1. The second kappa shape index (κ2) is 4.61. The number of carboxylic acids is 1. The van der Waals surface area contributed by atoms with Crippen LogP contribution >= 0.6 is 0 Å². The molecule has 0 amide bonds. The lowest BCUT2D eigenvalue weighted by Gasteiger charge is -2.17. The Morgan fingerprint density at radius 1 is 1.29 bits per heavy atom. The standard InChI is InChI=1S/C12H12F2O3/c1-12(2,11(16)17)6-10(15)8-5-7(13)3-4-9(8)14/h3-5H,6H2,1-2H3,(H,16,17). The van der Waals surface area contributed by atoms with Crippen LogP contribution in [0.3, 0.4) is 0 Å². The second-order valence-electron chi connectivity index (χ2n) is 4.41. The molecular formula is C12H12F2O3.